The smallest absolute Gasteiger partial charge is 0.320 e. The second-order valence-corrected chi connectivity index (χ2v) is 5.05. The third-order valence-electron chi connectivity index (χ3n) is 3.24. The molecular formula is C12H21N3O4. The van der Waals surface area contributed by atoms with Gasteiger partial charge in [0, 0.05) is 34.2 Å². The molecule has 1 aliphatic heterocycles. The lowest BCUT2D eigenvalue weighted by Crippen LogP contribution is -2.49. The first kappa shape index (κ1) is 15.3. The van der Waals surface area contributed by atoms with Crippen LogP contribution >= 0.6 is 0 Å². The van der Waals surface area contributed by atoms with Crippen LogP contribution < -0.4 is 0 Å². The van der Waals surface area contributed by atoms with Crippen molar-refractivity contribution in [1.29, 1.82) is 0 Å². The average Bonchev–Trinajstić information content (AvgIpc) is 2.37. The van der Waals surface area contributed by atoms with E-state index in [9.17, 15) is 14.4 Å². The molecule has 1 saturated heterocycles. The minimum Gasteiger partial charge on any atom is -0.481 e. The van der Waals surface area contributed by atoms with Gasteiger partial charge in [-0.05, 0) is 12.8 Å². The van der Waals surface area contributed by atoms with Crippen LogP contribution in [0.3, 0.4) is 0 Å². The van der Waals surface area contributed by atoms with Crippen molar-refractivity contribution < 1.29 is 19.5 Å². The van der Waals surface area contributed by atoms with Crippen molar-refractivity contribution in [3.8, 4) is 0 Å². The van der Waals surface area contributed by atoms with Crippen LogP contribution in [0.4, 0.5) is 4.79 Å². The van der Waals surface area contributed by atoms with Gasteiger partial charge >= 0.3 is 12.0 Å². The fourth-order valence-corrected chi connectivity index (χ4v) is 2.01. The zero-order valence-corrected chi connectivity index (χ0v) is 11.6. The number of carbonyl (C=O) groups excluding carboxylic acids is 2. The van der Waals surface area contributed by atoms with Crippen molar-refractivity contribution in [2.45, 2.75) is 12.8 Å². The number of likely N-dealkylation sites (N-methyl/N-ethyl adjacent to an activating group) is 2. The number of likely N-dealkylation sites (tertiary alicyclic amines) is 1. The molecule has 0 spiro atoms. The summed E-state index contributed by atoms with van der Waals surface area (Å²) in [5.74, 6) is -1.54. The molecule has 1 fully saturated rings. The molecule has 0 radical (unpaired) electrons. The second kappa shape index (κ2) is 6.40. The van der Waals surface area contributed by atoms with Crippen LogP contribution in [-0.2, 0) is 9.59 Å². The van der Waals surface area contributed by atoms with E-state index in [0.717, 1.165) is 0 Å². The van der Waals surface area contributed by atoms with Gasteiger partial charge in [-0.1, -0.05) is 0 Å². The summed E-state index contributed by atoms with van der Waals surface area (Å²) >= 11 is 0. The number of rotatable bonds is 3. The molecule has 1 rings (SSSR count). The zero-order valence-electron chi connectivity index (χ0n) is 11.6. The molecule has 1 aliphatic rings. The summed E-state index contributed by atoms with van der Waals surface area (Å²) in [4.78, 5) is 38.8. The van der Waals surface area contributed by atoms with Crippen LogP contribution in [0.2, 0.25) is 0 Å². The Labute approximate surface area is 112 Å². The Kier molecular flexibility index (Phi) is 5.14. The predicted octanol–water partition coefficient (Wildman–Crippen LogP) is -0.0770. The van der Waals surface area contributed by atoms with Crippen molar-refractivity contribution in [2.75, 3.05) is 40.8 Å². The van der Waals surface area contributed by atoms with Gasteiger partial charge in [0.2, 0.25) is 5.91 Å². The van der Waals surface area contributed by atoms with E-state index in [1.807, 2.05) is 0 Å². The molecule has 1 unspecified atom stereocenters. The lowest BCUT2D eigenvalue weighted by atomic mass is 9.99. The van der Waals surface area contributed by atoms with E-state index in [0.29, 0.717) is 19.4 Å². The van der Waals surface area contributed by atoms with Crippen molar-refractivity contribution in [3.05, 3.63) is 0 Å². The number of amides is 3. The molecule has 1 atom stereocenters. The standard InChI is InChI=1S/C12H21N3O4/c1-13(2)10(16)8-14(3)12(19)15-6-4-5-9(7-15)11(17)18/h9H,4-8H2,1-3H3,(H,17,18). The highest BCUT2D eigenvalue weighted by molar-refractivity contribution is 5.84. The molecule has 7 nitrogen and oxygen atoms in total. The number of carbonyl (C=O) groups is 3. The van der Waals surface area contributed by atoms with Crippen LogP contribution in [0.15, 0.2) is 0 Å². The number of hydrogen-bond acceptors (Lipinski definition) is 3. The SMILES string of the molecule is CN(C)C(=O)CN(C)C(=O)N1CCCC(C(=O)O)C1. The van der Waals surface area contributed by atoms with Gasteiger partial charge in [-0.3, -0.25) is 9.59 Å². The quantitative estimate of drug-likeness (QED) is 0.778. The first-order valence-corrected chi connectivity index (χ1v) is 6.26. The molecule has 108 valence electrons. The normalized spacial score (nSPS) is 18.9. The van der Waals surface area contributed by atoms with Crippen LogP contribution in [0.5, 0.6) is 0 Å². The van der Waals surface area contributed by atoms with Crippen LogP contribution in [0, 0.1) is 5.92 Å². The minimum atomic E-state index is -0.871. The Morgan fingerprint density at radius 3 is 2.42 bits per heavy atom. The maximum atomic E-state index is 12.1. The summed E-state index contributed by atoms with van der Waals surface area (Å²) in [7, 11) is 4.80. The third-order valence-corrected chi connectivity index (χ3v) is 3.24. The maximum Gasteiger partial charge on any atom is 0.320 e. The van der Waals surface area contributed by atoms with Crippen LogP contribution in [0.1, 0.15) is 12.8 Å². The monoisotopic (exact) mass is 271 g/mol. The maximum absolute atomic E-state index is 12.1. The van der Waals surface area contributed by atoms with Gasteiger partial charge in [0.15, 0.2) is 0 Å². The molecule has 1 heterocycles. The molecule has 1 N–H and O–H groups in total. The summed E-state index contributed by atoms with van der Waals surface area (Å²) in [6.07, 6.45) is 1.28. The van der Waals surface area contributed by atoms with E-state index in [1.165, 1.54) is 14.7 Å². The zero-order chi connectivity index (χ0) is 14.6. The second-order valence-electron chi connectivity index (χ2n) is 5.05. The largest absolute Gasteiger partial charge is 0.481 e. The fourth-order valence-electron chi connectivity index (χ4n) is 2.01. The first-order valence-electron chi connectivity index (χ1n) is 6.26. The van der Waals surface area contributed by atoms with Gasteiger partial charge in [-0.15, -0.1) is 0 Å². The van der Waals surface area contributed by atoms with Gasteiger partial charge in [0.25, 0.3) is 0 Å². The molecule has 0 aliphatic carbocycles. The molecule has 0 aromatic heterocycles. The highest BCUT2D eigenvalue weighted by Gasteiger charge is 2.30. The van der Waals surface area contributed by atoms with Crippen molar-refractivity contribution in [2.24, 2.45) is 5.92 Å². The Bertz CT molecular complexity index is 370. The highest BCUT2D eigenvalue weighted by Crippen LogP contribution is 2.17. The van der Waals surface area contributed by atoms with Gasteiger partial charge in [0.05, 0.1) is 5.92 Å². The van der Waals surface area contributed by atoms with Crippen molar-refractivity contribution in [3.63, 3.8) is 0 Å². The Hall–Kier alpha value is -1.79. The number of urea groups is 1. The highest BCUT2D eigenvalue weighted by atomic mass is 16.4. The summed E-state index contributed by atoms with van der Waals surface area (Å²) in [6.45, 7) is 0.762. The number of hydrogen-bond donors (Lipinski definition) is 1. The molecule has 7 heteroatoms. The summed E-state index contributed by atoms with van der Waals surface area (Å²) in [5.41, 5.74) is 0. The van der Waals surface area contributed by atoms with Gasteiger partial charge in [-0.25, -0.2) is 4.79 Å². The third kappa shape index (κ3) is 4.11. The lowest BCUT2D eigenvalue weighted by molar-refractivity contribution is -0.143. The molecule has 0 aromatic rings. The summed E-state index contributed by atoms with van der Waals surface area (Å²) < 4.78 is 0. The number of piperidine rings is 1. The molecule has 0 saturated carbocycles. The van der Waals surface area contributed by atoms with Gasteiger partial charge in [0.1, 0.15) is 6.54 Å². The fraction of sp³-hybridized carbons (Fsp3) is 0.750. The molecule has 0 bridgehead atoms. The first-order chi connectivity index (χ1) is 8.82. The topological polar surface area (TPSA) is 81.2 Å². The van der Waals surface area contributed by atoms with Crippen LogP contribution in [-0.4, -0.2) is 78.5 Å². The van der Waals surface area contributed by atoms with E-state index >= 15 is 0 Å². The van der Waals surface area contributed by atoms with Gasteiger partial charge in [-0.2, -0.15) is 0 Å². The average molecular weight is 271 g/mol. The van der Waals surface area contributed by atoms with Crippen LogP contribution in [0.25, 0.3) is 0 Å². The van der Waals surface area contributed by atoms with E-state index < -0.39 is 11.9 Å². The lowest BCUT2D eigenvalue weighted by Gasteiger charge is -2.33. The van der Waals surface area contributed by atoms with E-state index in [2.05, 4.69) is 0 Å². The predicted molar refractivity (Wildman–Crippen MR) is 68.7 cm³/mol. The van der Waals surface area contributed by atoms with E-state index in [-0.39, 0.29) is 25.0 Å². The number of nitrogens with zero attached hydrogens (tertiary/aromatic N) is 3. The molecule has 3 amide bonds. The Morgan fingerprint density at radius 1 is 1.26 bits per heavy atom. The number of aliphatic carboxylic acids is 1. The minimum absolute atomic E-state index is 0.0000709. The molecule has 0 aromatic carbocycles. The van der Waals surface area contributed by atoms with Gasteiger partial charge < -0.3 is 19.8 Å². The molecular weight excluding hydrogens is 250 g/mol. The Morgan fingerprint density at radius 2 is 1.89 bits per heavy atom. The number of carboxylic acid groups (broad SMARTS) is 1. The van der Waals surface area contributed by atoms with E-state index in [4.69, 9.17) is 5.11 Å². The molecule has 19 heavy (non-hydrogen) atoms. The number of carboxylic acids is 1. The summed E-state index contributed by atoms with van der Waals surface area (Å²) in [6, 6.07) is -0.291. The van der Waals surface area contributed by atoms with Crippen molar-refractivity contribution >= 4 is 17.9 Å². The van der Waals surface area contributed by atoms with E-state index in [1.54, 1.807) is 21.1 Å². The van der Waals surface area contributed by atoms with Crippen molar-refractivity contribution in [1.82, 2.24) is 14.7 Å². The Balaban J connectivity index is 2.56. The summed E-state index contributed by atoms with van der Waals surface area (Å²) in [5, 5.41) is 8.98.